The van der Waals surface area contributed by atoms with Gasteiger partial charge in [0.05, 0.1) is 5.56 Å². The van der Waals surface area contributed by atoms with E-state index in [0.717, 1.165) is 31.7 Å². The molecule has 106 valence electrons. The van der Waals surface area contributed by atoms with Gasteiger partial charge in [-0.3, -0.25) is 0 Å². The SMILES string of the molecule is CC(C)COCCCNCc1ccccc1C(=O)O. The van der Waals surface area contributed by atoms with Crippen molar-refractivity contribution in [1.82, 2.24) is 5.32 Å². The van der Waals surface area contributed by atoms with Gasteiger partial charge in [0.25, 0.3) is 0 Å². The minimum atomic E-state index is -0.877. The number of aromatic carboxylic acids is 1. The van der Waals surface area contributed by atoms with Gasteiger partial charge < -0.3 is 15.2 Å². The second-order valence-electron chi connectivity index (χ2n) is 4.96. The Balaban J connectivity index is 2.21. The predicted molar refractivity (Wildman–Crippen MR) is 75.4 cm³/mol. The number of nitrogens with one attached hydrogen (secondary N) is 1. The smallest absolute Gasteiger partial charge is 0.336 e. The van der Waals surface area contributed by atoms with Crippen LogP contribution in [0.15, 0.2) is 24.3 Å². The highest BCUT2D eigenvalue weighted by Crippen LogP contribution is 2.08. The van der Waals surface area contributed by atoms with Crippen LogP contribution in [0.2, 0.25) is 0 Å². The highest BCUT2D eigenvalue weighted by Gasteiger charge is 2.07. The summed E-state index contributed by atoms with van der Waals surface area (Å²) in [6.45, 7) is 7.19. The molecule has 0 amide bonds. The monoisotopic (exact) mass is 265 g/mol. The minimum Gasteiger partial charge on any atom is -0.478 e. The molecular formula is C15H23NO3. The van der Waals surface area contributed by atoms with E-state index in [1.54, 1.807) is 12.1 Å². The van der Waals surface area contributed by atoms with Crippen LogP contribution in [-0.2, 0) is 11.3 Å². The largest absolute Gasteiger partial charge is 0.478 e. The molecule has 1 rings (SSSR count). The first-order valence-electron chi connectivity index (χ1n) is 6.71. The molecule has 1 aromatic carbocycles. The fraction of sp³-hybridized carbons (Fsp3) is 0.533. The summed E-state index contributed by atoms with van der Waals surface area (Å²) >= 11 is 0. The molecule has 4 heteroatoms. The van der Waals surface area contributed by atoms with Crippen molar-refractivity contribution >= 4 is 5.97 Å². The zero-order chi connectivity index (χ0) is 14.1. The van der Waals surface area contributed by atoms with Gasteiger partial charge in [-0.05, 0) is 30.5 Å². The molecule has 0 aromatic heterocycles. The third-order valence-electron chi connectivity index (χ3n) is 2.66. The maximum atomic E-state index is 11.0. The van der Waals surface area contributed by atoms with E-state index < -0.39 is 5.97 Å². The number of hydrogen-bond donors (Lipinski definition) is 2. The molecule has 19 heavy (non-hydrogen) atoms. The standard InChI is InChI=1S/C15H23NO3/c1-12(2)11-19-9-5-8-16-10-13-6-3-4-7-14(13)15(17)18/h3-4,6-7,12,16H,5,8-11H2,1-2H3,(H,17,18). The lowest BCUT2D eigenvalue weighted by Gasteiger charge is -2.09. The van der Waals surface area contributed by atoms with Crippen LogP contribution in [0.25, 0.3) is 0 Å². The second-order valence-corrected chi connectivity index (χ2v) is 4.96. The number of carbonyl (C=O) groups is 1. The summed E-state index contributed by atoms with van der Waals surface area (Å²) in [5, 5.41) is 12.3. The van der Waals surface area contributed by atoms with Gasteiger partial charge in [-0.1, -0.05) is 32.0 Å². The summed E-state index contributed by atoms with van der Waals surface area (Å²) in [5.74, 6) is -0.312. The minimum absolute atomic E-state index is 0.367. The van der Waals surface area contributed by atoms with Crippen molar-refractivity contribution < 1.29 is 14.6 Å². The van der Waals surface area contributed by atoms with E-state index in [1.807, 2.05) is 12.1 Å². The average molecular weight is 265 g/mol. The van der Waals surface area contributed by atoms with E-state index in [-0.39, 0.29) is 0 Å². The van der Waals surface area contributed by atoms with Crippen LogP contribution in [0.1, 0.15) is 36.2 Å². The number of ether oxygens (including phenoxy) is 1. The zero-order valence-corrected chi connectivity index (χ0v) is 11.7. The number of hydrogen-bond acceptors (Lipinski definition) is 3. The molecule has 0 fully saturated rings. The van der Waals surface area contributed by atoms with E-state index in [1.165, 1.54) is 0 Å². The summed E-state index contributed by atoms with van der Waals surface area (Å²) in [6.07, 6.45) is 0.932. The number of rotatable bonds is 9. The van der Waals surface area contributed by atoms with Crippen molar-refractivity contribution in [1.29, 1.82) is 0 Å². The Hall–Kier alpha value is -1.39. The third kappa shape index (κ3) is 6.36. The maximum absolute atomic E-state index is 11.0. The molecular weight excluding hydrogens is 242 g/mol. The average Bonchev–Trinajstić information content (AvgIpc) is 2.37. The normalized spacial score (nSPS) is 10.9. The van der Waals surface area contributed by atoms with Crippen LogP contribution < -0.4 is 5.32 Å². The Kier molecular flexibility index (Phi) is 7.15. The van der Waals surface area contributed by atoms with Gasteiger partial charge >= 0.3 is 5.97 Å². The first-order chi connectivity index (χ1) is 9.11. The molecule has 0 saturated heterocycles. The van der Waals surface area contributed by atoms with E-state index in [4.69, 9.17) is 9.84 Å². The molecule has 0 bridgehead atoms. The fourth-order valence-corrected chi connectivity index (χ4v) is 1.72. The summed E-state index contributed by atoms with van der Waals surface area (Å²) in [4.78, 5) is 11.0. The van der Waals surface area contributed by atoms with Crippen molar-refractivity contribution in [3.05, 3.63) is 35.4 Å². The highest BCUT2D eigenvalue weighted by molar-refractivity contribution is 5.89. The Morgan fingerprint density at radius 2 is 2.11 bits per heavy atom. The first kappa shape index (κ1) is 15.7. The molecule has 4 nitrogen and oxygen atoms in total. The fourth-order valence-electron chi connectivity index (χ4n) is 1.72. The lowest BCUT2D eigenvalue weighted by Crippen LogP contribution is -2.18. The molecule has 0 atom stereocenters. The summed E-state index contributed by atoms with van der Waals surface area (Å²) < 4.78 is 5.48. The molecule has 0 aliphatic rings. The Labute approximate surface area is 114 Å². The molecule has 0 heterocycles. The van der Waals surface area contributed by atoms with Gasteiger partial charge in [0.15, 0.2) is 0 Å². The molecule has 0 spiro atoms. The first-order valence-corrected chi connectivity index (χ1v) is 6.71. The number of carboxylic acids is 1. The van der Waals surface area contributed by atoms with Crippen LogP contribution in [0.3, 0.4) is 0 Å². The van der Waals surface area contributed by atoms with Crippen LogP contribution in [0.5, 0.6) is 0 Å². The van der Waals surface area contributed by atoms with E-state index in [2.05, 4.69) is 19.2 Å². The molecule has 0 saturated carbocycles. The predicted octanol–water partition coefficient (Wildman–Crippen LogP) is 2.54. The molecule has 0 radical (unpaired) electrons. The van der Waals surface area contributed by atoms with Gasteiger partial charge in [-0.15, -0.1) is 0 Å². The van der Waals surface area contributed by atoms with E-state index in [0.29, 0.717) is 18.0 Å². The van der Waals surface area contributed by atoms with Gasteiger partial charge in [0.1, 0.15) is 0 Å². The van der Waals surface area contributed by atoms with Crippen LogP contribution in [0, 0.1) is 5.92 Å². The second kappa shape index (κ2) is 8.67. The molecule has 2 N–H and O–H groups in total. The van der Waals surface area contributed by atoms with E-state index >= 15 is 0 Å². The quantitative estimate of drug-likeness (QED) is 0.674. The summed E-state index contributed by atoms with van der Waals surface area (Å²) in [6, 6.07) is 7.07. The summed E-state index contributed by atoms with van der Waals surface area (Å²) in [5.41, 5.74) is 1.18. The Bertz CT molecular complexity index is 391. The molecule has 0 aliphatic heterocycles. The lowest BCUT2D eigenvalue weighted by molar-refractivity contribution is 0.0695. The third-order valence-corrected chi connectivity index (χ3v) is 2.66. The maximum Gasteiger partial charge on any atom is 0.336 e. The lowest BCUT2D eigenvalue weighted by atomic mass is 10.1. The Morgan fingerprint density at radius 3 is 2.79 bits per heavy atom. The molecule has 0 aliphatic carbocycles. The van der Waals surface area contributed by atoms with Gasteiger partial charge in [-0.2, -0.15) is 0 Å². The highest BCUT2D eigenvalue weighted by atomic mass is 16.5. The van der Waals surface area contributed by atoms with Crippen molar-refractivity contribution in [2.24, 2.45) is 5.92 Å². The van der Waals surface area contributed by atoms with Crippen molar-refractivity contribution in [3.63, 3.8) is 0 Å². The van der Waals surface area contributed by atoms with Crippen LogP contribution in [0.4, 0.5) is 0 Å². The van der Waals surface area contributed by atoms with Gasteiger partial charge in [-0.25, -0.2) is 4.79 Å². The molecule has 0 unspecified atom stereocenters. The van der Waals surface area contributed by atoms with Crippen LogP contribution in [-0.4, -0.2) is 30.8 Å². The van der Waals surface area contributed by atoms with Gasteiger partial charge in [0, 0.05) is 19.8 Å². The van der Waals surface area contributed by atoms with E-state index in [9.17, 15) is 4.79 Å². The van der Waals surface area contributed by atoms with Crippen molar-refractivity contribution in [2.75, 3.05) is 19.8 Å². The summed E-state index contributed by atoms with van der Waals surface area (Å²) in [7, 11) is 0. The van der Waals surface area contributed by atoms with Crippen molar-refractivity contribution in [3.8, 4) is 0 Å². The zero-order valence-electron chi connectivity index (χ0n) is 11.7. The van der Waals surface area contributed by atoms with Crippen LogP contribution >= 0.6 is 0 Å². The number of carboxylic acid groups (broad SMARTS) is 1. The Morgan fingerprint density at radius 1 is 1.37 bits per heavy atom. The topological polar surface area (TPSA) is 58.6 Å². The van der Waals surface area contributed by atoms with Crippen molar-refractivity contribution in [2.45, 2.75) is 26.8 Å². The number of benzene rings is 1. The van der Waals surface area contributed by atoms with Gasteiger partial charge in [0.2, 0.25) is 0 Å². The molecule has 1 aromatic rings.